The first-order chi connectivity index (χ1) is 11.9. The van der Waals surface area contributed by atoms with E-state index in [9.17, 15) is 0 Å². The van der Waals surface area contributed by atoms with Gasteiger partial charge in [0.1, 0.15) is 5.75 Å². The molecule has 1 saturated heterocycles. The number of ether oxygens (including phenoxy) is 1. The molecule has 1 aromatic heterocycles. The van der Waals surface area contributed by atoms with Gasteiger partial charge in [0, 0.05) is 26.2 Å². The van der Waals surface area contributed by atoms with Crippen molar-refractivity contribution in [2.24, 2.45) is 0 Å². The highest BCUT2D eigenvalue weighted by atomic mass is 16.5. The van der Waals surface area contributed by atoms with Crippen LogP contribution in [0.2, 0.25) is 0 Å². The molecule has 2 aromatic rings. The van der Waals surface area contributed by atoms with Gasteiger partial charge in [0.05, 0.1) is 18.7 Å². The van der Waals surface area contributed by atoms with Gasteiger partial charge in [0.2, 0.25) is 0 Å². The summed E-state index contributed by atoms with van der Waals surface area (Å²) in [5, 5.41) is 12.7. The molecule has 0 aliphatic carbocycles. The van der Waals surface area contributed by atoms with Crippen LogP contribution >= 0.6 is 0 Å². The van der Waals surface area contributed by atoms with E-state index in [0.29, 0.717) is 0 Å². The molecule has 1 aromatic carbocycles. The van der Waals surface area contributed by atoms with Gasteiger partial charge in [-0.1, -0.05) is 12.1 Å². The lowest BCUT2D eigenvalue weighted by Gasteiger charge is -2.38. The van der Waals surface area contributed by atoms with E-state index < -0.39 is 0 Å². The Balaban J connectivity index is 2.01. The number of piperazine rings is 1. The molecule has 0 spiro atoms. The zero-order chi connectivity index (χ0) is 18.0. The first-order valence-electron chi connectivity index (χ1n) is 8.75. The molecule has 7 nitrogen and oxygen atoms in total. The van der Waals surface area contributed by atoms with Gasteiger partial charge in [-0.25, -0.2) is 4.68 Å². The number of methoxy groups -OCH3 is 1. The van der Waals surface area contributed by atoms with Crippen LogP contribution in [0.3, 0.4) is 0 Å². The van der Waals surface area contributed by atoms with Gasteiger partial charge in [0.25, 0.3) is 0 Å². The van der Waals surface area contributed by atoms with Crippen LogP contribution < -0.4 is 4.74 Å². The summed E-state index contributed by atoms with van der Waals surface area (Å²) in [6, 6.07) is 8.27. The van der Waals surface area contributed by atoms with Crippen LogP contribution in [0.25, 0.3) is 0 Å². The molecular weight excluding hydrogens is 316 g/mol. The Labute approximate surface area is 149 Å². The predicted octanol–water partition coefficient (Wildman–Crippen LogP) is 1.77. The Bertz CT molecular complexity index is 682. The Morgan fingerprint density at radius 2 is 1.68 bits per heavy atom. The number of hydrogen-bond donors (Lipinski definition) is 0. The molecule has 2 heterocycles. The zero-order valence-corrected chi connectivity index (χ0v) is 15.8. The Kier molecular flexibility index (Phi) is 5.06. The standard InChI is InChI=1S/C18H28N6O/c1-18(2,3)24-17(19-20-21-24)16(23-12-10-22(4)11-13-23)14-6-8-15(25-5)9-7-14/h6-9,16H,10-13H2,1-5H3. The van der Waals surface area contributed by atoms with Crippen molar-refractivity contribution in [1.29, 1.82) is 0 Å². The third kappa shape index (κ3) is 3.82. The van der Waals surface area contributed by atoms with E-state index >= 15 is 0 Å². The Morgan fingerprint density at radius 3 is 2.24 bits per heavy atom. The van der Waals surface area contributed by atoms with Crippen LogP contribution in [-0.4, -0.2) is 70.3 Å². The van der Waals surface area contributed by atoms with Gasteiger partial charge in [0.15, 0.2) is 5.82 Å². The quantitative estimate of drug-likeness (QED) is 0.842. The Hall–Kier alpha value is -1.99. The molecule has 0 N–H and O–H groups in total. The average Bonchev–Trinajstić information content (AvgIpc) is 3.07. The lowest BCUT2D eigenvalue weighted by atomic mass is 10.0. The molecule has 3 rings (SSSR count). The molecule has 1 fully saturated rings. The second-order valence-corrected chi connectivity index (χ2v) is 7.63. The predicted molar refractivity (Wildman–Crippen MR) is 96.7 cm³/mol. The summed E-state index contributed by atoms with van der Waals surface area (Å²) in [7, 11) is 3.85. The Morgan fingerprint density at radius 1 is 1.04 bits per heavy atom. The van der Waals surface area contributed by atoms with Gasteiger partial charge in [-0.15, -0.1) is 5.10 Å². The van der Waals surface area contributed by atoms with Crippen LogP contribution in [0, 0.1) is 0 Å². The number of aromatic nitrogens is 4. The van der Waals surface area contributed by atoms with E-state index in [0.717, 1.165) is 37.8 Å². The SMILES string of the molecule is COc1ccc(C(c2nnnn2C(C)(C)C)N2CCN(C)CC2)cc1. The molecule has 1 aliphatic heterocycles. The highest BCUT2D eigenvalue weighted by molar-refractivity contribution is 5.32. The molecule has 136 valence electrons. The number of tetrazole rings is 1. The third-order valence-electron chi connectivity index (χ3n) is 4.71. The van der Waals surface area contributed by atoms with Gasteiger partial charge < -0.3 is 9.64 Å². The molecule has 25 heavy (non-hydrogen) atoms. The van der Waals surface area contributed by atoms with E-state index in [1.807, 2.05) is 16.8 Å². The molecule has 1 atom stereocenters. The molecule has 0 amide bonds. The maximum absolute atomic E-state index is 5.31. The van der Waals surface area contributed by atoms with Crippen molar-refractivity contribution in [3.05, 3.63) is 35.7 Å². The highest BCUT2D eigenvalue weighted by Gasteiger charge is 2.32. The van der Waals surface area contributed by atoms with Crippen LogP contribution in [0.5, 0.6) is 5.75 Å². The number of nitrogens with zero attached hydrogens (tertiary/aromatic N) is 6. The smallest absolute Gasteiger partial charge is 0.173 e. The van der Waals surface area contributed by atoms with Crippen LogP contribution in [0.4, 0.5) is 0 Å². The molecule has 7 heteroatoms. The summed E-state index contributed by atoms with van der Waals surface area (Å²) in [6.45, 7) is 10.5. The summed E-state index contributed by atoms with van der Waals surface area (Å²) >= 11 is 0. The molecular formula is C18H28N6O. The normalized spacial score (nSPS) is 18.3. The molecule has 0 bridgehead atoms. The van der Waals surface area contributed by atoms with E-state index in [2.05, 4.69) is 65.3 Å². The van der Waals surface area contributed by atoms with Crippen molar-refractivity contribution in [2.75, 3.05) is 40.3 Å². The van der Waals surface area contributed by atoms with Gasteiger partial charge in [-0.05, 0) is 55.9 Å². The summed E-state index contributed by atoms with van der Waals surface area (Å²) in [5.74, 6) is 1.75. The second-order valence-electron chi connectivity index (χ2n) is 7.63. The van der Waals surface area contributed by atoms with Crippen molar-refractivity contribution in [1.82, 2.24) is 30.0 Å². The number of rotatable bonds is 4. The van der Waals surface area contributed by atoms with Gasteiger partial charge >= 0.3 is 0 Å². The monoisotopic (exact) mass is 344 g/mol. The van der Waals surface area contributed by atoms with Crippen molar-refractivity contribution >= 4 is 0 Å². The fraction of sp³-hybridized carbons (Fsp3) is 0.611. The van der Waals surface area contributed by atoms with Crippen LogP contribution in [0.1, 0.15) is 38.2 Å². The minimum Gasteiger partial charge on any atom is -0.497 e. The molecule has 0 saturated carbocycles. The van der Waals surface area contributed by atoms with Crippen LogP contribution in [-0.2, 0) is 5.54 Å². The fourth-order valence-corrected chi connectivity index (χ4v) is 3.23. The summed E-state index contributed by atoms with van der Waals surface area (Å²) < 4.78 is 7.26. The third-order valence-corrected chi connectivity index (χ3v) is 4.71. The second kappa shape index (κ2) is 7.09. The van der Waals surface area contributed by atoms with Crippen molar-refractivity contribution in [3.8, 4) is 5.75 Å². The number of likely N-dealkylation sites (N-methyl/N-ethyl adjacent to an activating group) is 1. The summed E-state index contributed by atoms with van der Waals surface area (Å²) in [6.07, 6.45) is 0. The largest absolute Gasteiger partial charge is 0.497 e. The maximum atomic E-state index is 5.31. The lowest BCUT2D eigenvalue weighted by Crippen LogP contribution is -2.47. The minimum absolute atomic E-state index is 0.0360. The average molecular weight is 344 g/mol. The molecule has 1 unspecified atom stereocenters. The van der Waals surface area contributed by atoms with Crippen molar-refractivity contribution in [3.63, 3.8) is 0 Å². The van der Waals surface area contributed by atoms with E-state index in [1.165, 1.54) is 5.56 Å². The topological polar surface area (TPSA) is 59.3 Å². The van der Waals surface area contributed by atoms with E-state index in [-0.39, 0.29) is 11.6 Å². The first kappa shape index (κ1) is 17.8. The van der Waals surface area contributed by atoms with E-state index in [1.54, 1.807) is 7.11 Å². The fourth-order valence-electron chi connectivity index (χ4n) is 3.23. The van der Waals surface area contributed by atoms with Crippen LogP contribution in [0.15, 0.2) is 24.3 Å². The lowest BCUT2D eigenvalue weighted by molar-refractivity contribution is 0.118. The summed E-state index contributed by atoms with van der Waals surface area (Å²) in [4.78, 5) is 4.82. The van der Waals surface area contributed by atoms with Gasteiger partial charge in [-0.2, -0.15) is 0 Å². The van der Waals surface area contributed by atoms with Crippen molar-refractivity contribution in [2.45, 2.75) is 32.4 Å². The van der Waals surface area contributed by atoms with Crippen molar-refractivity contribution < 1.29 is 4.74 Å². The highest BCUT2D eigenvalue weighted by Crippen LogP contribution is 2.31. The van der Waals surface area contributed by atoms with Gasteiger partial charge in [-0.3, -0.25) is 4.90 Å². The van der Waals surface area contributed by atoms with E-state index in [4.69, 9.17) is 4.74 Å². The zero-order valence-electron chi connectivity index (χ0n) is 15.8. The summed E-state index contributed by atoms with van der Waals surface area (Å²) in [5.41, 5.74) is 1.02. The molecule has 1 aliphatic rings. The molecule has 0 radical (unpaired) electrons. The maximum Gasteiger partial charge on any atom is 0.173 e. The number of hydrogen-bond acceptors (Lipinski definition) is 6. The first-order valence-corrected chi connectivity index (χ1v) is 8.75. The number of benzene rings is 1. The minimum atomic E-state index is -0.171.